The molecule has 0 spiro atoms. The van der Waals surface area contributed by atoms with E-state index in [0.717, 1.165) is 49.7 Å². The van der Waals surface area contributed by atoms with Crippen LogP contribution in [0.1, 0.15) is 66.2 Å². The number of ether oxygens (including phenoxy) is 2. The van der Waals surface area contributed by atoms with Crippen LogP contribution in [0.3, 0.4) is 0 Å². The molecule has 1 saturated heterocycles. The molecule has 0 aromatic carbocycles. The first-order valence-electron chi connectivity index (χ1n) is 9.71. The topological polar surface area (TPSA) is 59.1 Å². The van der Waals surface area contributed by atoms with Gasteiger partial charge >= 0.3 is 5.97 Å². The zero-order valence-electron chi connectivity index (χ0n) is 16.7. The first-order chi connectivity index (χ1) is 12.2. The number of carbonyl (C=O) groups excluding carboxylic acids is 1. The average Bonchev–Trinajstić information content (AvgIpc) is 3.19. The molecule has 1 aliphatic carbocycles. The molecule has 1 N–H and O–H groups in total. The highest BCUT2D eigenvalue weighted by molar-refractivity contribution is 5.66. The van der Waals surface area contributed by atoms with E-state index in [9.17, 15) is 9.90 Å². The summed E-state index contributed by atoms with van der Waals surface area (Å²) < 4.78 is 11.1. The molecule has 1 fully saturated rings. The highest BCUT2D eigenvalue weighted by Gasteiger charge is 2.50. The minimum absolute atomic E-state index is 0.0102. The second-order valence-corrected chi connectivity index (χ2v) is 8.13. The molecule has 2 rings (SSSR count). The van der Waals surface area contributed by atoms with Gasteiger partial charge in [-0.3, -0.25) is 4.79 Å². The van der Waals surface area contributed by atoms with Gasteiger partial charge in [0.2, 0.25) is 0 Å². The van der Waals surface area contributed by atoms with E-state index >= 15 is 0 Å². The maximum absolute atomic E-state index is 11.2. The fraction of sp³-hybridized carbons (Fsp3) is 0.682. The Balaban J connectivity index is 2.18. The number of aliphatic hydroxyl groups is 1. The van der Waals surface area contributed by atoms with Crippen LogP contribution in [0.25, 0.3) is 0 Å². The van der Waals surface area contributed by atoms with Crippen molar-refractivity contribution in [3.63, 3.8) is 0 Å². The first-order valence-corrected chi connectivity index (χ1v) is 9.71. The van der Waals surface area contributed by atoms with Crippen molar-refractivity contribution in [2.45, 2.75) is 84.0 Å². The monoisotopic (exact) mass is 362 g/mol. The fourth-order valence-electron chi connectivity index (χ4n) is 3.75. The molecule has 1 heterocycles. The van der Waals surface area contributed by atoms with Gasteiger partial charge in [-0.15, -0.1) is 0 Å². The van der Waals surface area contributed by atoms with E-state index in [2.05, 4.69) is 26.5 Å². The molecular weight excluding hydrogens is 328 g/mol. The number of hydrogen-bond acceptors (Lipinski definition) is 4. The van der Waals surface area contributed by atoms with Crippen LogP contribution in [0.2, 0.25) is 0 Å². The molecule has 146 valence electrons. The van der Waals surface area contributed by atoms with Gasteiger partial charge in [0.05, 0.1) is 17.8 Å². The summed E-state index contributed by atoms with van der Waals surface area (Å²) in [6.07, 6.45) is 9.33. The van der Waals surface area contributed by atoms with Gasteiger partial charge in [-0.2, -0.15) is 0 Å². The van der Waals surface area contributed by atoms with Crippen molar-refractivity contribution < 1.29 is 19.4 Å². The molecule has 26 heavy (non-hydrogen) atoms. The molecule has 4 atom stereocenters. The molecular formula is C22H34O4. The number of esters is 1. The Morgan fingerprint density at radius 1 is 1.38 bits per heavy atom. The van der Waals surface area contributed by atoms with Crippen LogP contribution in [0, 0.1) is 5.92 Å². The minimum atomic E-state index is -0.611. The van der Waals surface area contributed by atoms with Crippen molar-refractivity contribution in [2.24, 2.45) is 5.92 Å². The van der Waals surface area contributed by atoms with E-state index < -0.39 is 6.10 Å². The summed E-state index contributed by atoms with van der Waals surface area (Å²) in [5.74, 6) is -0.291. The van der Waals surface area contributed by atoms with Crippen molar-refractivity contribution in [3.8, 4) is 0 Å². The number of allylic oxidation sites excluding steroid dienone is 2. The third-order valence-electron chi connectivity index (χ3n) is 5.66. The van der Waals surface area contributed by atoms with Crippen LogP contribution in [-0.2, 0) is 14.3 Å². The molecule has 0 amide bonds. The summed E-state index contributed by atoms with van der Waals surface area (Å²) in [6.45, 7) is 12.0. The van der Waals surface area contributed by atoms with Crippen LogP contribution in [0.15, 0.2) is 35.5 Å². The van der Waals surface area contributed by atoms with Crippen LogP contribution in [-0.4, -0.2) is 35.5 Å². The molecule has 2 aliphatic rings. The summed E-state index contributed by atoms with van der Waals surface area (Å²) >= 11 is 0. The number of hydrogen-bond donors (Lipinski definition) is 1. The molecule has 0 saturated carbocycles. The molecule has 0 aromatic rings. The van der Waals surface area contributed by atoms with Gasteiger partial charge in [-0.1, -0.05) is 29.9 Å². The number of rotatable bonds is 3. The number of fused-ring (bicyclic) bond motifs is 1. The zero-order valence-corrected chi connectivity index (χ0v) is 16.7. The van der Waals surface area contributed by atoms with Crippen LogP contribution in [0.4, 0.5) is 0 Å². The molecule has 0 radical (unpaired) electrons. The van der Waals surface area contributed by atoms with E-state index in [4.69, 9.17) is 9.47 Å². The summed E-state index contributed by atoms with van der Waals surface area (Å²) in [5.41, 5.74) is 3.26. The molecule has 0 bridgehead atoms. The quantitative estimate of drug-likeness (QED) is 0.457. The smallest absolute Gasteiger partial charge is 0.302 e. The number of aliphatic hydroxyl groups excluding tert-OH is 1. The van der Waals surface area contributed by atoms with Crippen molar-refractivity contribution in [2.75, 3.05) is 6.61 Å². The summed E-state index contributed by atoms with van der Waals surface area (Å²) in [4.78, 5) is 11.2. The lowest BCUT2D eigenvalue weighted by Crippen LogP contribution is -2.21. The molecule has 0 aromatic heterocycles. The van der Waals surface area contributed by atoms with E-state index in [1.54, 1.807) is 0 Å². The van der Waals surface area contributed by atoms with Crippen molar-refractivity contribution >= 4 is 5.97 Å². The van der Waals surface area contributed by atoms with Gasteiger partial charge in [0.1, 0.15) is 6.61 Å². The summed E-state index contributed by atoms with van der Waals surface area (Å²) in [7, 11) is 0. The lowest BCUT2D eigenvalue weighted by molar-refractivity contribution is -0.140. The number of carbonyl (C=O) groups is 1. The summed E-state index contributed by atoms with van der Waals surface area (Å²) in [5, 5.41) is 10.8. The lowest BCUT2D eigenvalue weighted by atomic mass is 9.87. The van der Waals surface area contributed by atoms with E-state index in [1.165, 1.54) is 12.5 Å². The standard InChI is InChI=1S/C22H34O4/c1-15(2)19-10-8-16(3)7-6-12-22(5)21(26-22)11-9-18(13-20(19)24)14-25-17(4)23/h7,13,19-21,24H,1,6,8-12,14H2,2-5H3/b16-7+,18-13+/t19-,20+,21-,22-/m1/s1. The molecule has 0 unspecified atom stereocenters. The van der Waals surface area contributed by atoms with Crippen LogP contribution >= 0.6 is 0 Å². The predicted molar refractivity (Wildman–Crippen MR) is 104 cm³/mol. The van der Waals surface area contributed by atoms with E-state index in [1.807, 2.05) is 13.0 Å². The van der Waals surface area contributed by atoms with Crippen LogP contribution in [0.5, 0.6) is 0 Å². The maximum atomic E-state index is 11.2. The normalized spacial score (nSPS) is 37.2. The van der Waals surface area contributed by atoms with Gasteiger partial charge in [-0.25, -0.2) is 0 Å². The Morgan fingerprint density at radius 2 is 2.12 bits per heavy atom. The summed E-state index contributed by atoms with van der Waals surface area (Å²) in [6, 6.07) is 0. The lowest BCUT2D eigenvalue weighted by Gasteiger charge is -2.23. The largest absolute Gasteiger partial charge is 0.461 e. The minimum Gasteiger partial charge on any atom is -0.461 e. The van der Waals surface area contributed by atoms with E-state index in [-0.39, 0.29) is 30.2 Å². The zero-order chi connectivity index (χ0) is 19.3. The van der Waals surface area contributed by atoms with Crippen molar-refractivity contribution in [3.05, 3.63) is 35.5 Å². The van der Waals surface area contributed by atoms with Gasteiger partial charge < -0.3 is 14.6 Å². The highest BCUT2D eigenvalue weighted by Crippen LogP contribution is 2.43. The van der Waals surface area contributed by atoms with Gasteiger partial charge in [0.25, 0.3) is 0 Å². The van der Waals surface area contributed by atoms with Crippen LogP contribution < -0.4 is 0 Å². The first kappa shape index (κ1) is 20.9. The Morgan fingerprint density at radius 3 is 2.77 bits per heavy atom. The Kier molecular flexibility index (Phi) is 7.24. The SMILES string of the molecule is C=C(C)[C@H]1CC/C(C)=C/CC[C@@]2(C)O[C@@H]2CC/C(COC(C)=O)=C\[C@@H]1O. The van der Waals surface area contributed by atoms with Gasteiger partial charge in [0.15, 0.2) is 0 Å². The number of epoxide rings is 1. The Labute approximate surface area is 158 Å². The third-order valence-corrected chi connectivity index (χ3v) is 5.66. The second kappa shape index (κ2) is 9.01. The maximum Gasteiger partial charge on any atom is 0.302 e. The second-order valence-electron chi connectivity index (χ2n) is 8.13. The van der Waals surface area contributed by atoms with Crippen molar-refractivity contribution in [1.29, 1.82) is 0 Å². The van der Waals surface area contributed by atoms with Gasteiger partial charge in [-0.05, 0) is 64.9 Å². The fourth-order valence-corrected chi connectivity index (χ4v) is 3.75. The predicted octanol–water partition coefficient (Wildman–Crippen LogP) is 4.49. The highest BCUT2D eigenvalue weighted by atomic mass is 16.6. The average molecular weight is 363 g/mol. The van der Waals surface area contributed by atoms with Crippen molar-refractivity contribution in [1.82, 2.24) is 0 Å². The Bertz CT molecular complexity index is 589. The Hall–Kier alpha value is -1.39. The molecule has 1 aliphatic heterocycles. The molecule has 4 nitrogen and oxygen atoms in total. The third kappa shape index (κ3) is 6.10. The van der Waals surface area contributed by atoms with Gasteiger partial charge in [0, 0.05) is 12.8 Å². The van der Waals surface area contributed by atoms with E-state index in [0.29, 0.717) is 0 Å². The molecule has 4 heteroatoms.